The molecule has 0 saturated heterocycles. The minimum absolute atomic E-state index is 0.0293. The number of rotatable bonds is 6. The number of nitrogens with two attached hydrogens (primary N) is 1. The predicted molar refractivity (Wildman–Crippen MR) is 106 cm³/mol. The van der Waals surface area contributed by atoms with E-state index in [9.17, 15) is 13.2 Å². The molecule has 0 aliphatic heterocycles. The fourth-order valence-electron chi connectivity index (χ4n) is 3.64. The van der Waals surface area contributed by atoms with E-state index in [1.165, 1.54) is 6.20 Å². The lowest BCUT2D eigenvalue weighted by Crippen LogP contribution is -2.35. The number of sulfonamides is 1. The van der Waals surface area contributed by atoms with Crippen molar-refractivity contribution in [2.75, 3.05) is 15.8 Å². The lowest BCUT2D eigenvalue weighted by atomic mass is 9.80. The van der Waals surface area contributed by atoms with E-state index in [0.717, 1.165) is 12.8 Å². The van der Waals surface area contributed by atoms with E-state index in [0.29, 0.717) is 28.4 Å². The molecule has 2 aromatic heterocycles. The highest BCUT2D eigenvalue weighted by molar-refractivity contribution is 7.92. The van der Waals surface area contributed by atoms with E-state index in [4.69, 9.17) is 5.73 Å². The molecule has 0 unspecified atom stereocenters. The Kier molecular flexibility index (Phi) is 4.83. The number of hydrogen-bond acceptors (Lipinski definition) is 5. The summed E-state index contributed by atoms with van der Waals surface area (Å²) in [6, 6.07) is 1.84. The van der Waals surface area contributed by atoms with Crippen molar-refractivity contribution in [2.24, 2.45) is 17.1 Å². The highest BCUT2D eigenvalue weighted by atomic mass is 32.2. The van der Waals surface area contributed by atoms with Crippen molar-refractivity contribution in [1.82, 2.24) is 9.61 Å². The van der Waals surface area contributed by atoms with E-state index in [1.807, 2.05) is 0 Å². The molecule has 0 bridgehead atoms. The van der Waals surface area contributed by atoms with Gasteiger partial charge in [0, 0.05) is 6.04 Å². The maximum absolute atomic E-state index is 12.0. The zero-order valence-electron chi connectivity index (χ0n) is 16.1. The molecular formula is C18H27N5O3S. The summed E-state index contributed by atoms with van der Waals surface area (Å²) in [5.41, 5.74) is 7.50. The number of aromatic nitrogens is 2. The van der Waals surface area contributed by atoms with E-state index >= 15 is 0 Å². The number of nitrogens with zero attached hydrogens (tertiary/aromatic N) is 2. The summed E-state index contributed by atoms with van der Waals surface area (Å²) >= 11 is 0. The molecule has 27 heavy (non-hydrogen) atoms. The lowest BCUT2D eigenvalue weighted by Gasteiger charge is -2.33. The van der Waals surface area contributed by atoms with Crippen molar-refractivity contribution < 1.29 is 13.2 Å². The minimum atomic E-state index is -3.41. The van der Waals surface area contributed by atoms with Gasteiger partial charge in [0.1, 0.15) is 0 Å². The smallest absolute Gasteiger partial charge is 0.252 e. The van der Waals surface area contributed by atoms with Crippen molar-refractivity contribution in [1.29, 1.82) is 0 Å². The van der Waals surface area contributed by atoms with E-state index in [1.54, 1.807) is 23.7 Å². The van der Waals surface area contributed by atoms with Crippen LogP contribution in [0.3, 0.4) is 0 Å². The Balaban J connectivity index is 2.07. The molecule has 0 radical (unpaired) electrons. The van der Waals surface area contributed by atoms with Gasteiger partial charge in [-0.3, -0.25) is 9.52 Å². The Morgan fingerprint density at radius 3 is 2.67 bits per heavy atom. The molecule has 4 N–H and O–H groups in total. The second kappa shape index (κ2) is 6.70. The van der Waals surface area contributed by atoms with Crippen molar-refractivity contribution >= 4 is 32.8 Å². The van der Waals surface area contributed by atoms with Gasteiger partial charge in [-0.25, -0.2) is 12.9 Å². The molecule has 148 valence electrons. The maximum Gasteiger partial charge on any atom is 0.252 e. The first kappa shape index (κ1) is 19.5. The zero-order valence-corrected chi connectivity index (χ0v) is 16.9. The molecule has 9 heteroatoms. The quantitative estimate of drug-likeness (QED) is 0.696. The van der Waals surface area contributed by atoms with Crippen LogP contribution in [0.4, 0.5) is 11.4 Å². The Morgan fingerprint density at radius 2 is 2.11 bits per heavy atom. The van der Waals surface area contributed by atoms with Gasteiger partial charge >= 0.3 is 0 Å². The van der Waals surface area contributed by atoms with E-state index in [-0.39, 0.29) is 17.2 Å². The molecule has 0 aromatic carbocycles. The molecule has 1 aliphatic rings. The Bertz CT molecular complexity index is 980. The second-order valence-corrected chi connectivity index (χ2v) is 9.87. The van der Waals surface area contributed by atoms with Gasteiger partial charge in [-0.2, -0.15) is 5.10 Å². The van der Waals surface area contributed by atoms with Crippen LogP contribution in [0.5, 0.6) is 0 Å². The average molecular weight is 394 g/mol. The molecule has 1 saturated carbocycles. The largest absolute Gasteiger partial charge is 0.379 e. The monoisotopic (exact) mass is 393 g/mol. The Morgan fingerprint density at radius 1 is 1.41 bits per heavy atom. The van der Waals surface area contributed by atoms with Gasteiger partial charge in [0.25, 0.3) is 5.91 Å². The number of amides is 1. The van der Waals surface area contributed by atoms with Crippen LogP contribution in [0, 0.1) is 11.3 Å². The summed E-state index contributed by atoms with van der Waals surface area (Å²) in [4.78, 5) is 12.0. The lowest BCUT2D eigenvalue weighted by molar-refractivity contribution is 0.100. The summed E-state index contributed by atoms with van der Waals surface area (Å²) < 4.78 is 27.8. The predicted octanol–water partition coefficient (Wildman–Crippen LogP) is 2.43. The van der Waals surface area contributed by atoms with Gasteiger partial charge in [-0.15, -0.1) is 0 Å². The van der Waals surface area contributed by atoms with Gasteiger partial charge in [-0.1, -0.05) is 20.8 Å². The van der Waals surface area contributed by atoms with Gasteiger partial charge < -0.3 is 11.1 Å². The average Bonchev–Trinajstić information content (AvgIpc) is 3.09. The Labute approximate surface area is 159 Å². The topological polar surface area (TPSA) is 119 Å². The standard InChI is InChI=1S/C18H27N5O3S/c1-5-27(25,26)22-12-8-14-16(13(17(19)24)9-20-23(14)10-12)21-15-7-6-11(2)18(15,3)4/h8-11,15,21-22H,5-7H2,1-4H3,(H2,19,24)/t11-,15+/m0/s1. The Hall–Kier alpha value is -2.29. The number of anilines is 2. The van der Waals surface area contributed by atoms with Crippen molar-refractivity contribution in [2.45, 2.75) is 46.6 Å². The number of carbonyl (C=O) groups is 1. The summed E-state index contributed by atoms with van der Waals surface area (Å²) in [6.07, 6.45) is 5.08. The van der Waals surface area contributed by atoms with Crippen molar-refractivity contribution in [3.63, 3.8) is 0 Å². The molecule has 1 aliphatic carbocycles. The molecule has 2 atom stereocenters. The molecule has 1 fully saturated rings. The van der Waals surface area contributed by atoms with Crippen LogP contribution in [0.25, 0.3) is 5.52 Å². The molecule has 2 heterocycles. The van der Waals surface area contributed by atoms with Crippen LogP contribution in [-0.4, -0.2) is 35.7 Å². The third-order valence-electron chi connectivity index (χ3n) is 5.93. The molecular weight excluding hydrogens is 366 g/mol. The molecule has 3 rings (SSSR count). The summed E-state index contributed by atoms with van der Waals surface area (Å²) in [7, 11) is -3.41. The molecule has 2 aromatic rings. The molecule has 0 spiro atoms. The first-order valence-electron chi connectivity index (χ1n) is 9.13. The highest BCUT2D eigenvalue weighted by Gasteiger charge is 2.41. The SMILES string of the molecule is CCS(=O)(=O)Nc1cc2c(N[C@@H]3CC[C@H](C)C3(C)C)c(C(N)=O)cnn2c1. The number of carbonyl (C=O) groups excluding carboxylic acids is 1. The minimum Gasteiger partial charge on any atom is -0.379 e. The number of primary amides is 1. The van der Waals surface area contributed by atoms with Crippen molar-refractivity contribution in [3.8, 4) is 0 Å². The summed E-state index contributed by atoms with van der Waals surface area (Å²) in [5.74, 6) is -0.0601. The fourth-order valence-corrected chi connectivity index (χ4v) is 4.25. The number of nitrogens with one attached hydrogen (secondary N) is 2. The molecule has 1 amide bonds. The van der Waals surface area contributed by atoms with Gasteiger partial charge in [-0.05, 0) is 37.2 Å². The van der Waals surface area contributed by atoms with Crippen LogP contribution in [0.1, 0.15) is 50.9 Å². The first-order valence-corrected chi connectivity index (χ1v) is 10.8. The van der Waals surface area contributed by atoms with Crippen LogP contribution in [0.15, 0.2) is 18.5 Å². The molecule has 8 nitrogen and oxygen atoms in total. The fraction of sp³-hybridized carbons (Fsp3) is 0.556. The first-order chi connectivity index (χ1) is 12.5. The third kappa shape index (κ3) is 3.60. The van der Waals surface area contributed by atoms with Gasteiger partial charge in [0.2, 0.25) is 10.0 Å². The highest BCUT2D eigenvalue weighted by Crippen LogP contribution is 2.44. The van der Waals surface area contributed by atoms with E-state index < -0.39 is 15.9 Å². The summed E-state index contributed by atoms with van der Waals surface area (Å²) in [5, 5.41) is 7.71. The normalized spacial score (nSPS) is 22.1. The number of hydrogen-bond donors (Lipinski definition) is 3. The van der Waals surface area contributed by atoms with Gasteiger partial charge in [0.15, 0.2) is 0 Å². The van der Waals surface area contributed by atoms with Crippen LogP contribution >= 0.6 is 0 Å². The van der Waals surface area contributed by atoms with E-state index in [2.05, 4.69) is 35.9 Å². The maximum atomic E-state index is 12.0. The number of fused-ring (bicyclic) bond motifs is 1. The second-order valence-electron chi connectivity index (χ2n) is 7.86. The summed E-state index contributed by atoms with van der Waals surface area (Å²) in [6.45, 7) is 8.22. The zero-order chi connectivity index (χ0) is 20.0. The van der Waals surface area contributed by atoms with Crippen LogP contribution < -0.4 is 15.8 Å². The van der Waals surface area contributed by atoms with Crippen LogP contribution in [-0.2, 0) is 10.0 Å². The van der Waals surface area contributed by atoms with Crippen molar-refractivity contribution in [3.05, 3.63) is 24.0 Å². The third-order valence-corrected chi connectivity index (χ3v) is 7.24. The van der Waals surface area contributed by atoms with Crippen LogP contribution in [0.2, 0.25) is 0 Å². The van der Waals surface area contributed by atoms with Gasteiger partial charge in [0.05, 0.1) is 40.6 Å².